The molecule has 0 spiro atoms. The lowest BCUT2D eigenvalue weighted by Gasteiger charge is -2.23. The lowest BCUT2D eigenvalue weighted by Crippen LogP contribution is -2.39. The molecule has 0 radical (unpaired) electrons. The van der Waals surface area contributed by atoms with Crippen LogP contribution in [0.5, 0.6) is 17.2 Å². The second-order valence-electron chi connectivity index (χ2n) is 7.82. The number of hydrazone groups is 1. The van der Waals surface area contributed by atoms with Gasteiger partial charge < -0.3 is 14.2 Å². The van der Waals surface area contributed by atoms with Gasteiger partial charge in [-0.1, -0.05) is 36.4 Å². The minimum Gasteiger partial charge on any atom is -0.495 e. The first-order chi connectivity index (χ1) is 17.3. The van der Waals surface area contributed by atoms with Crippen LogP contribution in [0.2, 0.25) is 0 Å². The third-order valence-corrected chi connectivity index (χ3v) is 7.08. The number of nitrogens with zero attached hydrogens (tertiary/aromatic N) is 2. The maximum atomic E-state index is 13.6. The molecule has 0 aliphatic rings. The van der Waals surface area contributed by atoms with Crippen molar-refractivity contribution in [2.45, 2.75) is 18.4 Å². The van der Waals surface area contributed by atoms with Crippen LogP contribution in [0.4, 0.5) is 0 Å². The number of sulfonamides is 1. The molecule has 0 aliphatic carbocycles. The number of ether oxygens (including phenoxy) is 3. The molecule has 0 fully saturated rings. The predicted octanol–water partition coefficient (Wildman–Crippen LogP) is 3.36. The Morgan fingerprint density at radius 3 is 2.25 bits per heavy atom. The molecule has 0 aliphatic heterocycles. The van der Waals surface area contributed by atoms with Gasteiger partial charge in [0.25, 0.3) is 5.91 Å². The molecule has 10 heteroatoms. The smallest absolute Gasteiger partial charge is 0.255 e. The van der Waals surface area contributed by atoms with Crippen molar-refractivity contribution < 1.29 is 27.4 Å². The highest BCUT2D eigenvalue weighted by molar-refractivity contribution is 7.89. The number of nitrogens with one attached hydrogen (secondary N) is 1. The Labute approximate surface area is 211 Å². The van der Waals surface area contributed by atoms with Gasteiger partial charge in [-0.3, -0.25) is 4.79 Å². The fourth-order valence-corrected chi connectivity index (χ4v) is 5.07. The Kier molecular flexibility index (Phi) is 9.04. The number of hydrogen-bond donors (Lipinski definition) is 1. The summed E-state index contributed by atoms with van der Waals surface area (Å²) in [5.41, 5.74) is 4.54. The lowest BCUT2D eigenvalue weighted by atomic mass is 10.2. The highest BCUT2D eigenvalue weighted by atomic mass is 32.2. The summed E-state index contributed by atoms with van der Waals surface area (Å²) in [6, 6.07) is 19.1. The Morgan fingerprint density at radius 2 is 1.58 bits per heavy atom. The van der Waals surface area contributed by atoms with Crippen LogP contribution in [0.25, 0.3) is 0 Å². The van der Waals surface area contributed by atoms with E-state index in [-0.39, 0.29) is 17.2 Å². The number of benzene rings is 3. The van der Waals surface area contributed by atoms with E-state index in [1.165, 1.54) is 33.6 Å². The van der Waals surface area contributed by atoms with Gasteiger partial charge in [-0.2, -0.15) is 9.41 Å². The normalized spacial score (nSPS) is 11.5. The molecule has 1 amide bonds. The number of carbonyl (C=O) groups excluding carboxylic acids is 1. The monoisotopic (exact) mass is 511 g/mol. The first-order valence-corrected chi connectivity index (χ1v) is 12.4. The van der Waals surface area contributed by atoms with Gasteiger partial charge in [-0.15, -0.1) is 0 Å². The van der Waals surface area contributed by atoms with Crippen molar-refractivity contribution in [1.82, 2.24) is 9.73 Å². The van der Waals surface area contributed by atoms with E-state index in [0.29, 0.717) is 17.1 Å². The Morgan fingerprint density at radius 1 is 0.917 bits per heavy atom. The molecule has 0 atom stereocenters. The summed E-state index contributed by atoms with van der Waals surface area (Å²) in [5, 5.41) is 3.97. The van der Waals surface area contributed by atoms with E-state index >= 15 is 0 Å². The van der Waals surface area contributed by atoms with E-state index in [1.807, 2.05) is 6.07 Å². The van der Waals surface area contributed by atoms with Gasteiger partial charge in [-0.25, -0.2) is 13.8 Å². The van der Waals surface area contributed by atoms with E-state index < -0.39 is 22.5 Å². The number of carbonyl (C=O) groups is 1. The van der Waals surface area contributed by atoms with Crippen molar-refractivity contribution >= 4 is 22.1 Å². The third kappa shape index (κ3) is 6.61. The highest BCUT2D eigenvalue weighted by Gasteiger charge is 2.30. The minimum absolute atomic E-state index is 0.00686. The molecule has 36 heavy (non-hydrogen) atoms. The molecule has 3 rings (SSSR count). The van der Waals surface area contributed by atoms with Crippen LogP contribution < -0.4 is 19.6 Å². The molecular weight excluding hydrogens is 482 g/mol. The molecule has 0 saturated heterocycles. The van der Waals surface area contributed by atoms with Crippen molar-refractivity contribution in [2.75, 3.05) is 27.9 Å². The Bertz CT molecular complexity index is 1330. The van der Waals surface area contributed by atoms with Gasteiger partial charge in [0.2, 0.25) is 10.0 Å². The maximum Gasteiger partial charge on any atom is 0.255 e. The topological polar surface area (TPSA) is 107 Å². The molecular formula is C26H29N3O6S. The Hall–Kier alpha value is -3.89. The number of rotatable bonds is 11. The van der Waals surface area contributed by atoms with Gasteiger partial charge in [0.05, 0.1) is 34.1 Å². The summed E-state index contributed by atoms with van der Waals surface area (Å²) in [4.78, 5) is 12.7. The molecule has 1 N–H and O–H groups in total. The lowest BCUT2D eigenvalue weighted by molar-refractivity contribution is -0.121. The zero-order valence-corrected chi connectivity index (χ0v) is 21.4. The van der Waals surface area contributed by atoms with Gasteiger partial charge in [0.1, 0.15) is 10.6 Å². The number of amides is 1. The van der Waals surface area contributed by atoms with Crippen molar-refractivity contribution in [3.05, 3.63) is 83.4 Å². The molecule has 0 heterocycles. The SMILES string of the molecule is COc1ccc(/C=N/NC(=O)CN(Cc2ccccc2)S(=O)(=O)c2cc(C)ccc2OC)cc1OC. The van der Waals surface area contributed by atoms with Gasteiger partial charge >= 0.3 is 0 Å². The van der Waals surface area contributed by atoms with E-state index in [4.69, 9.17) is 14.2 Å². The third-order valence-electron chi connectivity index (χ3n) is 5.27. The quantitative estimate of drug-likeness (QED) is 0.313. The van der Waals surface area contributed by atoms with Crippen molar-refractivity contribution in [1.29, 1.82) is 0 Å². The molecule has 9 nitrogen and oxygen atoms in total. The van der Waals surface area contributed by atoms with E-state index in [1.54, 1.807) is 61.5 Å². The van der Waals surface area contributed by atoms with Crippen LogP contribution in [-0.4, -0.2) is 52.7 Å². The number of methoxy groups -OCH3 is 3. The average molecular weight is 512 g/mol. The molecule has 0 unspecified atom stereocenters. The van der Waals surface area contributed by atoms with E-state index in [2.05, 4.69) is 10.5 Å². The molecule has 3 aromatic carbocycles. The van der Waals surface area contributed by atoms with Gasteiger partial charge in [0.15, 0.2) is 11.5 Å². The fourth-order valence-electron chi connectivity index (χ4n) is 3.44. The highest BCUT2D eigenvalue weighted by Crippen LogP contribution is 2.29. The van der Waals surface area contributed by atoms with Crippen LogP contribution in [0.1, 0.15) is 16.7 Å². The summed E-state index contributed by atoms with van der Waals surface area (Å²) >= 11 is 0. The summed E-state index contributed by atoms with van der Waals surface area (Å²) in [6.45, 7) is 1.33. The number of aryl methyl sites for hydroxylation is 1. The fraction of sp³-hybridized carbons (Fsp3) is 0.231. The Balaban J connectivity index is 1.83. The summed E-state index contributed by atoms with van der Waals surface area (Å²) in [7, 11) is 0.370. The van der Waals surface area contributed by atoms with Gasteiger partial charge in [-0.05, 0) is 53.9 Å². The van der Waals surface area contributed by atoms with Crippen LogP contribution in [0.15, 0.2) is 76.7 Å². The zero-order valence-electron chi connectivity index (χ0n) is 20.6. The summed E-state index contributed by atoms with van der Waals surface area (Å²) < 4.78 is 44.1. The van der Waals surface area contributed by atoms with Crippen LogP contribution >= 0.6 is 0 Å². The van der Waals surface area contributed by atoms with E-state index in [9.17, 15) is 13.2 Å². The second kappa shape index (κ2) is 12.2. The molecule has 0 saturated carbocycles. The summed E-state index contributed by atoms with van der Waals surface area (Å²) in [5.74, 6) is 0.676. The van der Waals surface area contributed by atoms with Crippen molar-refractivity contribution in [3.8, 4) is 17.2 Å². The standard InChI is InChI=1S/C26H29N3O6S/c1-19-10-12-23(34-3)25(14-19)36(31,32)29(17-20-8-6-5-7-9-20)18-26(30)28-27-16-21-11-13-22(33-2)24(15-21)35-4/h5-16H,17-18H2,1-4H3,(H,28,30)/b27-16+. The van der Waals surface area contributed by atoms with Crippen LogP contribution in [-0.2, 0) is 21.4 Å². The first kappa shape index (κ1) is 26.7. The largest absolute Gasteiger partial charge is 0.495 e. The van der Waals surface area contributed by atoms with E-state index in [0.717, 1.165) is 15.4 Å². The van der Waals surface area contributed by atoms with Crippen molar-refractivity contribution in [2.24, 2.45) is 5.10 Å². The van der Waals surface area contributed by atoms with Crippen LogP contribution in [0.3, 0.4) is 0 Å². The zero-order chi connectivity index (χ0) is 26.1. The second-order valence-corrected chi connectivity index (χ2v) is 9.73. The minimum atomic E-state index is -4.09. The molecule has 3 aromatic rings. The first-order valence-electron chi connectivity index (χ1n) is 11.0. The summed E-state index contributed by atoms with van der Waals surface area (Å²) in [6.07, 6.45) is 1.43. The molecule has 0 bridgehead atoms. The molecule has 0 aromatic heterocycles. The van der Waals surface area contributed by atoms with Gasteiger partial charge in [0, 0.05) is 6.54 Å². The average Bonchev–Trinajstić information content (AvgIpc) is 2.88. The maximum absolute atomic E-state index is 13.6. The predicted molar refractivity (Wildman–Crippen MR) is 137 cm³/mol. The molecule has 190 valence electrons. The number of hydrogen-bond acceptors (Lipinski definition) is 7. The van der Waals surface area contributed by atoms with Crippen LogP contribution in [0, 0.1) is 6.92 Å². The van der Waals surface area contributed by atoms with Crippen molar-refractivity contribution in [3.63, 3.8) is 0 Å².